The number of ether oxygens (including phenoxy) is 1. The Balaban J connectivity index is 0.00000225. The van der Waals surface area contributed by atoms with Crippen molar-refractivity contribution in [3.8, 4) is 5.75 Å². The van der Waals surface area contributed by atoms with Crippen molar-refractivity contribution in [1.82, 2.24) is 24.8 Å². The predicted molar refractivity (Wildman–Crippen MR) is 111 cm³/mol. The van der Waals surface area contributed by atoms with Crippen molar-refractivity contribution in [2.45, 2.75) is 19.2 Å². The molecule has 0 radical (unpaired) electrons. The highest BCUT2D eigenvalue weighted by molar-refractivity contribution is 5.85. The van der Waals surface area contributed by atoms with Crippen LogP contribution in [0, 0.1) is 0 Å². The summed E-state index contributed by atoms with van der Waals surface area (Å²) in [6, 6.07) is 12.6. The molecule has 1 unspecified atom stereocenters. The van der Waals surface area contributed by atoms with Gasteiger partial charge in [-0.3, -0.25) is 9.88 Å². The molecule has 0 spiro atoms. The van der Waals surface area contributed by atoms with Gasteiger partial charge in [-0.1, -0.05) is 12.1 Å². The van der Waals surface area contributed by atoms with Gasteiger partial charge in [-0.2, -0.15) is 0 Å². The molecule has 1 saturated heterocycles. The number of imidazole rings is 1. The van der Waals surface area contributed by atoms with E-state index in [1.807, 2.05) is 24.5 Å². The summed E-state index contributed by atoms with van der Waals surface area (Å²) in [5, 5.41) is 3.49. The van der Waals surface area contributed by atoms with E-state index < -0.39 is 0 Å². The lowest BCUT2D eigenvalue weighted by Gasteiger charge is -2.35. The number of rotatable bonds is 6. The number of hydrogen-bond acceptors (Lipinski definition) is 5. The van der Waals surface area contributed by atoms with Crippen molar-refractivity contribution in [2.75, 3.05) is 19.6 Å². The molecule has 3 aromatic rings. The van der Waals surface area contributed by atoms with Crippen molar-refractivity contribution in [2.24, 2.45) is 7.05 Å². The topological polar surface area (TPSA) is 55.2 Å². The normalized spacial score (nSPS) is 17.1. The quantitative estimate of drug-likeness (QED) is 0.690. The smallest absolute Gasteiger partial charge is 0.127 e. The van der Waals surface area contributed by atoms with Gasteiger partial charge in [0.2, 0.25) is 0 Å². The maximum atomic E-state index is 5.87. The maximum absolute atomic E-state index is 5.87. The van der Waals surface area contributed by atoms with Crippen LogP contribution in [-0.2, 0) is 20.2 Å². The van der Waals surface area contributed by atoms with Crippen LogP contribution in [0.4, 0.5) is 0 Å². The van der Waals surface area contributed by atoms with E-state index in [1.54, 1.807) is 12.4 Å². The van der Waals surface area contributed by atoms with Crippen LogP contribution < -0.4 is 10.1 Å². The molecule has 2 aromatic heterocycles. The average Bonchev–Trinajstić information content (AvgIpc) is 3.14. The average molecular weight is 400 g/mol. The Hall–Kier alpha value is -2.41. The molecule has 3 heterocycles. The standard InChI is InChI=1S/C21H25N5O.ClH/c1-25-12-11-24-21(25)20-14-23-10-13-26(20)15-17-2-4-19(5-3-17)27-16-18-6-8-22-9-7-18;/h2-9,11-12,20,23H,10,13-16H2,1H3;1H. The second kappa shape index (κ2) is 9.68. The molecule has 0 amide bonds. The number of aryl methyl sites for hydroxylation is 1. The zero-order chi connectivity index (χ0) is 18.5. The highest BCUT2D eigenvalue weighted by atomic mass is 35.5. The molecule has 6 nitrogen and oxygen atoms in total. The van der Waals surface area contributed by atoms with Gasteiger partial charge in [0.15, 0.2) is 0 Å². The van der Waals surface area contributed by atoms with Gasteiger partial charge >= 0.3 is 0 Å². The van der Waals surface area contributed by atoms with E-state index >= 15 is 0 Å². The lowest BCUT2D eigenvalue weighted by molar-refractivity contribution is 0.144. The number of nitrogens with one attached hydrogen (secondary N) is 1. The number of aromatic nitrogens is 3. The Morgan fingerprint density at radius 3 is 2.57 bits per heavy atom. The first-order chi connectivity index (χ1) is 13.3. The van der Waals surface area contributed by atoms with Crippen LogP contribution in [0.15, 0.2) is 61.2 Å². The fourth-order valence-electron chi connectivity index (χ4n) is 3.46. The number of piperazine rings is 1. The van der Waals surface area contributed by atoms with Crippen molar-refractivity contribution >= 4 is 12.4 Å². The van der Waals surface area contributed by atoms with E-state index in [0.717, 1.165) is 43.3 Å². The molecule has 148 valence electrons. The van der Waals surface area contributed by atoms with Gasteiger partial charge in [-0.25, -0.2) is 4.98 Å². The van der Waals surface area contributed by atoms with Gasteiger partial charge in [-0.05, 0) is 35.4 Å². The molecule has 4 rings (SSSR count). The van der Waals surface area contributed by atoms with Crippen LogP contribution in [0.3, 0.4) is 0 Å². The van der Waals surface area contributed by atoms with Crippen LogP contribution >= 0.6 is 12.4 Å². The lowest BCUT2D eigenvalue weighted by Crippen LogP contribution is -2.46. The summed E-state index contributed by atoms with van der Waals surface area (Å²) in [5.74, 6) is 2.00. The first kappa shape index (κ1) is 20.3. The molecule has 1 fully saturated rings. The lowest BCUT2D eigenvalue weighted by atomic mass is 10.1. The molecular weight excluding hydrogens is 374 g/mol. The summed E-state index contributed by atoms with van der Waals surface area (Å²) < 4.78 is 7.98. The van der Waals surface area contributed by atoms with Gasteiger partial charge in [0.25, 0.3) is 0 Å². The Morgan fingerprint density at radius 1 is 1.07 bits per heavy atom. The summed E-state index contributed by atoms with van der Waals surface area (Å²) in [6.07, 6.45) is 7.45. The van der Waals surface area contributed by atoms with Crippen molar-refractivity contribution < 1.29 is 4.74 Å². The van der Waals surface area contributed by atoms with Crippen LogP contribution in [-0.4, -0.2) is 39.1 Å². The fourth-order valence-corrected chi connectivity index (χ4v) is 3.46. The van der Waals surface area contributed by atoms with E-state index in [0.29, 0.717) is 12.6 Å². The van der Waals surface area contributed by atoms with Crippen LogP contribution in [0.2, 0.25) is 0 Å². The molecule has 0 bridgehead atoms. The third-order valence-corrected chi connectivity index (χ3v) is 4.97. The summed E-state index contributed by atoms with van der Waals surface area (Å²) in [5.41, 5.74) is 2.40. The fraction of sp³-hybridized carbons (Fsp3) is 0.333. The summed E-state index contributed by atoms with van der Waals surface area (Å²) in [7, 11) is 2.06. The first-order valence-corrected chi connectivity index (χ1v) is 9.32. The molecular formula is C21H26ClN5O. The molecule has 1 aromatic carbocycles. The third-order valence-electron chi connectivity index (χ3n) is 4.97. The Labute approximate surface area is 172 Å². The Kier molecular flexibility index (Phi) is 7.03. The third kappa shape index (κ3) is 4.90. The largest absolute Gasteiger partial charge is 0.489 e. The molecule has 28 heavy (non-hydrogen) atoms. The second-order valence-electron chi connectivity index (χ2n) is 6.87. The molecule has 1 aliphatic heterocycles. The minimum absolute atomic E-state index is 0. The molecule has 1 N–H and O–H groups in total. The molecule has 7 heteroatoms. The van der Waals surface area contributed by atoms with E-state index in [1.165, 1.54) is 5.56 Å². The van der Waals surface area contributed by atoms with Crippen LogP contribution in [0.1, 0.15) is 23.0 Å². The SMILES string of the molecule is Cl.Cn1ccnc1C1CNCCN1Cc1ccc(OCc2ccncc2)cc1. The van der Waals surface area contributed by atoms with E-state index in [2.05, 4.69) is 56.1 Å². The minimum atomic E-state index is 0. The number of pyridine rings is 1. The molecule has 1 aliphatic rings. The van der Waals surface area contributed by atoms with Gasteiger partial charge in [0.1, 0.15) is 18.2 Å². The van der Waals surface area contributed by atoms with Crippen molar-refractivity contribution in [3.05, 3.63) is 78.1 Å². The van der Waals surface area contributed by atoms with Gasteiger partial charge < -0.3 is 14.6 Å². The number of nitrogens with zero attached hydrogens (tertiary/aromatic N) is 4. The van der Waals surface area contributed by atoms with Crippen LogP contribution in [0.25, 0.3) is 0 Å². The number of hydrogen-bond donors (Lipinski definition) is 1. The summed E-state index contributed by atoms with van der Waals surface area (Å²) in [6.45, 7) is 4.41. The van der Waals surface area contributed by atoms with Crippen LogP contribution in [0.5, 0.6) is 5.75 Å². The number of benzene rings is 1. The van der Waals surface area contributed by atoms with Gasteiger partial charge in [0, 0.05) is 58.0 Å². The van der Waals surface area contributed by atoms with Crippen molar-refractivity contribution in [1.29, 1.82) is 0 Å². The predicted octanol–water partition coefficient (Wildman–Crippen LogP) is 2.96. The maximum Gasteiger partial charge on any atom is 0.127 e. The van der Waals surface area contributed by atoms with E-state index in [-0.39, 0.29) is 12.4 Å². The highest BCUT2D eigenvalue weighted by Crippen LogP contribution is 2.23. The molecule has 1 atom stereocenters. The van der Waals surface area contributed by atoms with Crippen molar-refractivity contribution in [3.63, 3.8) is 0 Å². The monoisotopic (exact) mass is 399 g/mol. The zero-order valence-electron chi connectivity index (χ0n) is 16.0. The summed E-state index contributed by atoms with van der Waals surface area (Å²) >= 11 is 0. The van der Waals surface area contributed by atoms with E-state index in [9.17, 15) is 0 Å². The highest BCUT2D eigenvalue weighted by Gasteiger charge is 2.26. The Morgan fingerprint density at radius 2 is 1.86 bits per heavy atom. The Bertz CT molecular complexity index is 853. The zero-order valence-corrected chi connectivity index (χ0v) is 16.8. The number of halogens is 1. The van der Waals surface area contributed by atoms with Gasteiger partial charge in [0.05, 0.1) is 6.04 Å². The van der Waals surface area contributed by atoms with E-state index in [4.69, 9.17) is 4.74 Å². The van der Waals surface area contributed by atoms with Gasteiger partial charge in [-0.15, -0.1) is 12.4 Å². The molecule has 0 saturated carbocycles. The summed E-state index contributed by atoms with van der Waals surface area (Å²) in [4.78, 5) is 11.1. The first-order valence-electron chi connectivity index (χ1n) is 9.32. The molecule has 0 aliphatic carbocycles. The second-order valence-corrected chi connectivity index (χ2v) is 6.87. The minimum Gasteiger partial charge on any atom is -0.489 e.